The van der Waals surface area contributed by atoms with Crippen LogP contribution in [0.1, 0.15) is 374 Å². The number of rotatable bonds is 63. The molecule has 0 aromatic heterocycles. The number of hydrogen-bond acceptors (Lipinski definition) is 6. The lowest BCUT2D eigenvalue weighted by Crippen LogP contribution is -2.30. The molecule has 0 saturated heterocycles. The van der Waals surface area contributed by atoms with E-state index in [9.17, 15) is 14.4 Å². The molecule has 0 saturated carbocycles. The van der Waals surface area contributed by atoms with Crippen LogP contribution in [0.15, 0.2) is 36.5 Å². The summed E-state index contributed by atoms with van der Waals surface area (Å²) in [5, 5.41) is 0. The van der Waals surface area contributed by atoms with E-state index in [1.165, 1.54) is 263 Å². The molecule has 0 N–H and O–H groups in total. The number of carbonyl (C=O) groups is 3. The third-order valence-electron chi connectivity index (χ3n) is 15.4. The highest BCUT2D eigenvalue weighted by atomic mass is 16.6. The van der Waals surface area contributed by atoms with Gasteiger partial charge in [-0.1, -0.05) is 314 Å². The van der Waals surface area contributed by atoms with Crippen LogP contribution in [0.2, 0.25) is 0 Å². The van der Waals surface area contributed by atoms with Crippen LogP contribution in [0.5, 0.6) is 0 Å². The first-order valence-corrected chi connectivity index (χ1v) is 34.0. The summed E-state index contributed by atoms with van der Waals surface area (Å²) in [6.45, 7) is 6.68. The molecule has 6 nitrogen and oxygen atoms in total. The zero-order valence-corrected chi connectivity index (χ0v) is 51.3. The van der Waals surface area contributed by atoms with Gasteiger partial charge in [0.1, 0.15) is 13.2 Å². The van der Waals surface area contributed by atoms with E-state index in [-0.39, 0.29) is 31.1 Å². The van der Waals surface area contributed by atoms with Gasteiger partial charge in [0.25, 0.3) is 0 Å². The predicted molar refractivity (Wildman–Crippen MR) is 330 cm³/mol. The van der Waals surface area contributed by atoms with Crippen molar-refractivity contribution in [3.8, 4) is 0 Å². The molecule has 0 aromatic carbocycles. The molecule has 6 heteroatoms. The molecule has 0 aliphatic heterocycles. The fraction of sp³-hybridized carbons (Fsp3) is 0.871. The molecule has 0 heterocycles. The fourth-order valence-corrected chi connectivity index (χ4v) is 10.2. The molecule has 1 unspecified atom stereocenters. The average molecular weight is 1070 g/mol. The molecule has 76 heavy (non-hydrogen) atoms. The molecule has 1 atom stereocenters. The van der Waals surface area contributed by atoms with Gasteiger partial charge < -0.3 is 14.2 Å². The first kappa shape index (κ1) is 73.6. The van der Waals surface area contributed by atoms with Crippen LogP contribution in [0, 0.1) is 0 Å². The van der Waals surface area contributed by atoms with Crippen molar-refractivity contribution >= 4 is 17.9 Å². The van der Waals surface area contributed by atoms with E-state index in [1.54, 1.807) is 0 Å². The highest BCUT2D eigenvalue weighted by Gasteiger charge is 2.19. The van der Waals surface area contributed by atoms with E-state index in [0.717, 1.165) is 70.6 Å². The third kappa shape index (κ3) is 62.5. The number of carbonyl (C=O) groups excluding carboxylic acids is 3. The van der Waals surface area contributed by atoms with E-state index >= 15 is 0 Å². The Morgan fingerprint density at radius 2 is 0.474 bits per heavy atom. The van der Waals surface area contributed by atoms with Crippen LogP contribution in [0.4, 0.5) is 0 Å². The number of esters is 3. The second kappa shape index (κ2) is 65.2. The van der Waals surface area contributed by atoms with Crippen molar-refractivity contribution in [2.75, 3.05) is 13.2 Å². The lowest BCUT2D eigenvalue weighted by atomic mass is 10.0. The minimum Gasteiger partial charge on any atom is -0.462 e. The Morgan fingerprint density at radius 3 is 0.750 bits per heavy atom. The van der Waals surface area contributed by atoms with E-state index in [1.807, 2.05) is 0 Å². The Bertz CT molecular complexity index is 1270. The molecule has 0 aromatic rings. The van der Waals surface area contributed by atoms with Gasteiger partial charge in [0.05, 0.1) is 0 Å². The van der Waals surface area contributed by atoms with Gasteiger partial charge in [-0.15, -0.1) is 0 Å². The van der Waals surface area contributed by atoms with Gasteiger partial charge in [0.2, 0.25) is 0 Å². The van der Waals surface area contributed by atoms with Crippen molar-refractivity contribution in [3.63, 3.8) is 0 Å². The van der Waals surface area contributed by atoms with Crippen LogP contribution in [-0.4, -0.2) is 37.2 Å². The SMILES string of the molecule is CCCCCC/C=C\CCCCCCCC(=O)OCC(COC(=O)CCCCCCCCCCCCCCC/C=C\C/C=C\CCCCCCC)OC(=O)CCCCCCCCCCCCCCCCCCCCCC. The standard InChI is InChI=1S/C70H130O6/c1-4-7-10-13-16-19-22-25-27-29-31-33-34-35-36-37-39-40-42-45-48-51-54-57-60-63-69(72)75-66-67(65-74-68(71)62-59-56-53-50-47-44-24-21-18-15-12-9-6-3)76-70(73)64-61-58-55-52-49-46-43-41-38-32-30-28-26-23-20-17-14-11-8-5-2/h21-22,24-25,29,31,67H,4-20,23,26-28,30,32-66H2,1-3H3/b24-21-,25-22-,31-29-. The van der Waals surface area contributed by atoms with Gasteiger partial charge in [-0.2, -0.15) is 0 Å². The van der Waals surface area contributed by atoms with Gasteiger partial charge in [-0.3, -0.25) is 14.4 Å². The van der Waals surface area contributed by atoms with Gasteiger partial charge in [0.15, 0.2) is 6.10 Å². The van der Waals surface area contributed by atoms with Gasteiger partial charge in [-0.25, -0.2) is 0 Å². The highest BCUT2D eigenvalue weighted by molar-refractivity contribution is 5.71. The Kier molecular flexibility index (Phi) is 63.1. The second-order valence-electron chi connectivity index (χ2n) is 23.1. The van der Waals surface area contributed by atoms with Crippen LogP contribution in [0.3, 0.4) is 0 Å². The summed E-state index contributed by atoms with van der Waals surface area (Å²) in [4.78, 5) is 38.4. The van der Waals surface area contributed by atoms with Crippen LogP contribution in [0.25, 0.3) is 0 Å². The second-order valence-corrected chi connectivity index (χ2v) is 23.1. The molecule has 0 spiro atoms. The quantitative estimate of drug-likeness (QED) is 0.0261. The van der Waals surface area contributed by atoms with Gasteiger partial charge in [-0.05, 0) is 77.0 Å². The molecule has 0 bridgehead atoms. The molecule has 0 aliphatic carbocycles. The highest BCUT2D eigenvalue weighted by Crippen LogP contribution is 2.18. The Balaban J connectivity index is 4.24. The van der Waals surface area contributed by atoms with Crippen molar-refractivity contribution in [2.45, 2.75) is 380 Å². The molecule has 446 valence electrons. The van der Waals surface area contributed by atoms with E-state index in [4.69, 9.17) is 14.2 Å². The summed E-state index contributed by atoms with van der Waals surface area (Å²) in [5.41, 5.74) is 0. The maximum Gasteiger partial charge on any atom is 0.306 e. The Morgan fingerprint density at radius 1 is 0.263 bits per heavy atom. The summed E-state index contributed by atoms with van der Waals surface area (Å²) < 4.78 is 17.0. The van der Waals surface area contributed by atoms with Crippen molar-refractivity contribution in [1.29, 1.82) is 0 Å². The fourth-order valence-electron chi connectivity index (χ4n) is 10.2. The van der Waals surface area contributed by atoms with E-state index < -0.39 is 6.10 Å². The molecular formula is C70H130O6. The largest absolute Gasteiger partial charge is 0.462 e. The normalized spacial score (nSPS) is 12.2. The van der Waals surface area contributed by atoms with Crippen LogP contribution < -0.4 is 0 Å². The summed E-state index contributed by atoms with van der Waals surface area (Å²) in [7, 11) is 0. The van der Waals surface area contributed by atoms with Crippen molar-refractivity contribution in [3.05, 3.63) is 36.5 Å². The van der Waals surface area contributed by atoms with Crippen molar-refractivity contribution in [1.82, 2.24) is 0 Å². The molecule has 0 rings (SSSR count). The maximum absolute atomic E-state index is 12.9. The molecular weight excluding hydrogens is 937 g/mol. The first-order chi connectivity index (χ1) is 37.5. The average Bonchev–Trinajstić information content (AvgIpc) is 3.42. The Hall–Kier alpha value is -2.37. The smallest absolute Gasteiger partial charge is 0.306 e. The van der Waals surface area contributed by atoms with Gasteiger partial charge in [0, 0.05) is 19.3 Å². The number of unbranched alkanes of at least 4 members (excludes halogenated alkanes) is 46. The molecule has 0 radical (unpaired) electrons. The third-order valence-corrected chi connectivity index (χ3v) is 15.4. The van der Waals surface area contributed by atoms with Crippen LogP contribution in [-0.2, 0) is 28.6 Å². The number of ether oxygens (including phenoxy) is 3. The predicted octanol–water partition coefficient (Wildman–Crippen LogP) is 23.2. The lowest BCUT2D eigenvalue weighted by Gasteiger charge is -2.18. The summed E-state index contributed by atoms with van der Waals surface area (Å²) in [5.74, 6) is -0.853. The minimum absolute atomic E-state index is 0.0704. The molecule has 0 amide bonds. The number of allylic oxidation sites excluding steroid dienone is 6. The first-order valence-electron chi connectivity index (χ1n) is 34.0. The number of hydrogen-bond donors (Lipinski definition) is 0. The van der Waals surface area contributed by atoms with Gasteiger partial charge >= 0.3 is 17.9 Å². The van der Waals surface area contributed by atoms with Crippen molar-refractivity contribution < 1.29 is 28.6 Å². The summed E-state index contributed by atoms with van der Waals surface area (Å²) >= 11 is 0. The summed E-state index contributed by atoms with van der Waals surface area (Å²) in [6.07, 6.45) is 80.2. The minimum atomic E-state index is -0.773. The zero-order chi connectivity index (χ0) is 55.0. The monoisotopic (exact) mass is 1070 g/mol. The topological polar surface area (TPSA) is 78.9 Å². The zero-order valence-electron chi connectivity index (χ0n) is 51.3. The van der Waals surface area contributed by atoms with E-state index in [2.05, 4.69) is 57.2 Å². The van der Waals surface area contributed by atoms with E-state index in [0.29, 0.717) is 19.3 Å². The maximum atomic E-state index is 12.9. The summed E-state index contributed by atoms with van der Waals surface area (Å²) in [6, 6.07) is 0. The molecule has 0 fully saturated rings. The Labute approximate surface area is 474 Å². The molecule has 0 aliphatic rings. The van der Waals surface area contributed by atoms with Crippen LogP contribution >= 0.6 is 0 Å². The van der Waals surface area contributed by atoms with Crippen molar-refractivity contribution in [2.24, 2.45) is 0 Å². The lowest BCUT2D eigenvalue weighted by molar-refractivity contribution is -0.167.